The number of amides is 1. The maximum atomic E-state index is 12.6. The summed E-state index contributed by atoms with van der Waals surface area (Å²) in [5.74, 6) is 0.0732. The number of benzene rings is 1. The van der Waals surface area contributed by atoms with E-state index in [9.17, 15) is 4.79 Å². The lowest BCUT2D eigenvalue weighted by molar-refractivity contribution is 0.0787. The third-order valence-corrected chi connectivity index (χ3v) is 5.57. The molecule has 28 heavy (non-hydrogen) atoms. The standard InChI is InChI=1S/C23H28N4O/c28-23(27-13-4-5-14-27)22-19-21(10-11-24-22)26-17-15-25(16-18-26)12-6-9-20-7-2-1-3-8-20/h1-3,6-11,19H,4-5,12-18H2/b9-6+. The molecule has 1 aromatic carbocycles. The van der Waals surface area contributed by atoms with Crippen molar-refractivity contribution in [2.24, 2.45) is 0 Å². The molecule has 0 unspecified atom stereocenters. The Hall–Kier alpha value is -2.66. The van der Waals surface area contributed by atoms with E-state index in [-0.39, 0.29) is 5.91 Å². The van der Waals surface area contributed by atoms with Gasteiger partial charge in [-0.05, 0) is 30.5 Å². The van der Waals surface area contributed by atoms with Crippen LogP contribution in [-0.2, 0) is 0 Å². The zero-order valence-corrected chi connectivity index (χ0v) is 16.3. The first kappa shape index (κ1) is 18.7. The largest absolute Gasteiger partial charge is 0.369 e. The number of hydrogen-bond acceptors (Lipinski definition) is 4. The minimum Gasteiger partial charge on any atom is -0.369 e. The van der Waals surface area contributed by atoms with Gasteiger partial charge in [0, 0.05) is 57.7 Å². The summed E-state index contributed by atoms with van der Waals surface area (Å²) in [6.07, 6.45) is 8.40. The van der Waals surface area contributed by atoms with Gasteiger partial charge in [0.2, 0.25) is 0 Å². The number of carbonyl (C=O) groups is 1. The monoisotopic (exact) mass is 376 g/mol. The summed E-state index contributed by atoms with van der Waals surface area (Å²) >= 11 is 0. The molecule has 1 amide bonds. The Morgan fingerprint density at radius 2 is 1.71 bits per heavy atom. The molecule has 2 saturated heterocycles. The Kier molecular flexibility index (Phi) is 6.02. The van der Waals surface area contributed by atoms with Crippen molar-refractivity contribution in [2.75, 3.05) is 50.7 Å². The number of aromatic nitrogens is 1. The molecule has 0 radical (unpaired) electrons. The van der Waals surface area contributed by atoms with E-state index in [0.717, 1.165) is 64.3 Å². The molecular formula is C23H28N4O. The predicted octanol–water partition coefficient (Wildman–Crippen LogP) is 3.15. The summed E-state index contributed by atoms with van der Waals surface area (Å²) in [6.45, 7) is 6.69. The van der Waals surface area contributed by atoms with Crippen molar-refractivity contribution in [2.45, 2.75) is 12.8 Å². The van der Waals surface area contributed by atoms with E-state index in [0.29, 0.717) is 5.69 Å². The van der Waals surface area contributed by atoms with Gasteiger partial charge in [0.1, 0.15) is 5.69 Å². The molecule has 0 atom stereocenters. The molecule has 0 N–H and O–H groups in total. The molecule has 0 saturated carbocycles. The van der Waals surface area contributed by atoms with E-state index < -0.39 is 0 Å². The van der Waals surface area contributed by atoms with E-state index in [4.69, 9.17) is 0 Å². The average Bonchev–Trinajstić information content (AvgIpc) is 3.30. The molecule has 0 bridgehead atoms. The van der Waals surface area contributed by atoms with Gasteiger partial charge in [-0.15, -0.1) is 0 Å². The highest BCUT2D eigenvalue weighted by atomic mass is 16.2. The molecule has 5 heteroatoms. The summed E-state index contributed by atoms with van der Waals surface area (Å²) in [7, 11) is 0. The molecule has 0 aliphatic carbocycles. The summed E-state index contributed by atoms with van der Waals surface area (Å²) in [5, 5.41) is 0. The number of anilines is 1. The molecule has 0 spiro atoms. The van der Waals surface area contributed by atoms with Crippen LogP contribution in [-0.4, -0.2) is 66.5 Å². The second-order valence-electron chi connectivity index (χ2n) is 7.50. The lowest BCUT2D eigenvalue weighted by atomic mass is 10.2. The number of likely N-dealkylation sites (tertiary alicyclic amines) is 1. The minimum atomic E-state index is 0.0732. The Morgan fingerprint density at radius 3 is 2.46 bits per heavy atom. The van der Waals surface area contributed by atoms with Crippen LogP contribution in [0.5, 0.6) is 0 Å². The average molecular weight is 377 g/mol. The summed E-state index contributed by atoms with van der Waals surface area (Å²) in [4.78, 5) is 23.7. The maximum absolute atomic E-state index is 12.6. The van der Waals surface area contributed by atoms with Crippen LogP contribution in [0.25, 0.3) is 6.08 Å². The Bertz CT molecular complexity index is 806. The highest BCUT2D eigenvalue weighted by molar-refractivity contribution is 5.93. The van der Waals surface area contributed by atoms with Crippen LogP contribution in [0.4, 0.5) is 5.69 Å². The molecule has 2 aromatic rings. The SMILES string of the molecule is O=C(c1cc(N2CCN(C/C=C/c3ccccc3)CC2)ccn1)N1CCCC1. The number of carbonyl (C=O) groups excluding carboxylic acids is 1. The van der Waals surface area contributed by atoms with Gasteiger partial charge in [-0.25, -0.2) is 0 Å². The van der Waals surface area contributed by atoms with Gasteiger partial charge in [0.15, 0.2) is 0 Å². The molecule has 146 valence electrons. The van der Waals surface area contributed by atoms with Crippen molar-refractivity contribution < 1.29 is 4.79 Å². The fourth-order valence-electron chi connectivity index (χ4n) is 3.91. The fourth-order valence-corrected chi connectivity index (χ4v) is 3.91. The van der Waals surface area contributed by atoms with Crippen molar-refractivity contribution in [3.05, 3.63) is 66.0 Å². The van der Waals surface area contributed by atoms with Gasteiger partial charge < -0.3 is 9.80 Å². The van der Waals surface area contributed by atoms with Gasteiger partial charge in [0.05, 0.1) is 0 Å². The third-order valence-electron chi connectivity index (χ3n) is 5.57. The van der Waals surface area contributed by atoms with Gasteiger partial charge in [-0.1, -0.05) is 42.5 Å². The maximum Gasteiger partial charge on any atom is 0.272 e. The zero-order valence-electron chi connectivity index (χ0n) is 16.3. The third kappa shape index (κ3) is 4.60. The smallest absolute Gasteiger partial charge is 0.272 e. The van der Waals surface area contributed by atoms with Crippen LogP contribution >= 0.6 is 0 Å². The van der Waals surface area contributed by atoms with E-state index >= 15 is 0 Å². The van der Waals surface area contributed by atoms with Crippen molar-refractivity contribution >= 4 is 17.7 Å². The number of rotatable bonds is 5. The van der Waals surface area contributed by atoms with Crippen LogP contribution < -0.4 is 4.90 Å². The molecule has 3 heterocycles. The van der Waals surface area contributed by atoms with E-state index in [2.05, 4.69) is 51.2 Å². The molecule has 5 nitrogen and oxygen atoms in total. The molecule has 2 aliphatic rings. The first-order chi connectivity index (χ1) is 13.8. The van der Waals surface area contributed by atoms with E-state index in [1.54, 1.807) is 6.20 Å². The highest BCUT2D eigenvalue weighted by Gasteiger charge is 2.22. The summed E-state index contributed by atoms with van der Waals surface area (Å²) in [6, 6.07) is 14.4. The van der Waals surface area contributed by atoms with E-state index in [1.165, 1.54) is 5.56 Å². The molecule has 1 aromatic heterocycles. The van der Waals surface area contributed by atoms with Gasteiger partial charge >= 0.3 is 0 Å². The minimum absolute atomic E-state index is 0.0732. The first-order valence-electron chi connectivity index (χ1n) is 10.2. The molecule has 2 aliphatic heterocycles. The first-order valence-corrected chi connectivity index (χ1v) is 10.2. The Morgan fingerprint density at radius 1 is 0.964 bits per heavy atom. The number of piperazine rings is 1. The molecule has 4 rings (SSSR count). The number of pyridine rings is 1. The zero-order chi connectivity index (χ0) is 19.2. The van der Waals surface area contributed by atoms with Crippen molar-refractivity contribution in [3.8, 4) is 0 Å². The van der Waals surface area contributed by atoms with Crippen molar-refractivity contribution in [3.63, 3.8) is 0 Å². The van der Waals surface area contributed by atoms with Gasteiger partial charge in [-0.2, -0.15) is 0 Å². The van der Waals surface area contributed by atoms with E-state index in [1.807, 2.05) is 23.1 Å². The van der Waals surface area contributed by atoms with Gasteiger partial charge in [-0.3, -0.25) is 14.7 Å². The summed E-state index contributed by atoms with van der Waals surface area (Å²) in [5.41, 5.74) is 2.93. The van der Waals surface area contributed by atoms with Crippen LogP contribution in [0.1, 0.15) is 28.9 Å². The van der Waals surface area contributed by atoms with Crippen LogP contribution in [0.15, 0.2) is 54.7 Å². The Balaban J connectivity index is 1.30. The fraction of sp³-hybridized carbons (Fsp3) is 0.391. The number of nitrogens with zero attached hydrogens (tertiary/aromatic N) is 4. The van der Waals surface area contributed by atoms with Crippen molar-refractivity contribution in [1.82, 2.24) is 14.8 Å². The van der Waals surface area contributed by atoms with Crippen molar-refractivity contribution in [1.29, 1.82) is 0 Å². The lowest BCUT2D eigenvalue weighted by Crippen LogP contribution is -2.46. The number of hydrogen-bond donors (Lipinski definition) is 0. The van der Waals surface area contributed by atoms with Gasteiger partial charge in [0.25, 0.3) is 5.91 Å². The highest BCUT2D eigenvalue weighted by Crippen LogP contribution is 2.19. The second kappa shape index (κ2) is 9.02. The lowest BCUT2D eigenvalue weighted by Gasteiger charge is -2.35. The quantitative estimate of drug-likeness (QED) is 0.804. The second-order valence-corrected chi connectivity index (χ2v) is 7.50. The topological polar surface area (TPSA) is 39.7 Å². The molecule has 2 fully saturated rings. The molecular weight excluding hydrogens is 348 g/mol. The van der Waals surface area contributed by atoms with Crippen LogP contribution in [0, 0.1) is 0 Å². The Labute approximate surface area is 167 Å². The predicted molar refractivity (Wildman–Crippen MR) is 114 cm³/mol. The normalized spacial score (nSPS) is 18.1. The summed E-state index contributed by atoms with van der Waals surface area (Å²) < 4.78 is 0. The van der Waals surface area contributed by atoms with Crippen LogP contribution in [0.2, 0.25) is 0 Å². The van der Waals surface area contributed by atoms with Crippen LogP contribution in [0.3, 0.4) is 0 Å².